The Hall–Kier alpha value is -5.55. The zero-order valence-electron chi connectivity index (χ0n) is 24.4. The van der Waals surface area contributed by atoms with Crippen LogP contribution in [-0.4, -0.2) is 64.3 Å². The molecule has 4 N–H and O–H groups in total. The third-order valence-corrected chi connectivity index (χ3v) is 7.66. The van der Waals surface area contributed by atoms with Crippen molar-refractivity contribution < 1.29 is 38.9 Å². The Bertz CT molecular complexity index is 1710. The van der Waals surface area contributed by atoms with Crippen LogP contribution in [0, 0.1) is 0 Å². The zero-order chi connectivity index (χ0) is 32.6. The summed E-state index contributed by atoms with van der Waals surface area (Å²) in [6, 6.07) is 25.1. The number of nitrogens with one attached hydrogen (secondary N) is 2. The maximum Gasteiger partial charge on any atom is 0.335 e. The molecule has 11 nitrogen and oxygen atoms in total. The molecule has 0 bridgehead atoms. The normalized spacial score (nSPS) is 15.5. The summed E-state index contributed by atoms with van der Waals surface area (Å²) in [5, 5.41) is 24.2. The number of nitrogens with zero attached hydrogens (tertiary/aromatic N) is 1. The van der Waals surface area contributed by atoms with Crippen molar-refractivity contribution in [3.05, 3.63) is 119 Å². The Morgan fingerprint density at radius 2 is 1.39 bits per heavy atom. The number of hydrogen-bond donors (Lipinski definition) is 4. The summed E-state index contributed by atoms with van der Waals surface area (Å²) in [5.74, 6) is -1.29. The van der Waals surface area contributed by atoms with Gasteiger partial charge in [-0.25, -0.2) is 14.4 Å². The van der Waals surface area contributed by atoms with Crippen molar-refractivity contribution in [1.29, 1.82) is 0 Å². The molecule has 2 atom stereocenters. The second-order valence-electron chi connectivity index (χ2n) is 10.6. The minimum Gasteiger partial charge on any atom is -0.491 e. The van der Waals surface area contributed by atoms with E-state index in [1.807, 2.05) is 0 Å². The van der Waals surface area contributed by atoms with E-state index in [0.717, 1.165) is 5.56 Å². The van der Waals surface area contributed by atoms with Crippen LogP contribution >= 0.6 is 11.6 Å². The smallest absolute Gasteiger partial charge is 0.335 e. The number of carboxylic acids is 2. The van der Waals surface area contributed by atoms with E-state index in [-0.39, 0.29) is 48.8 Å². The van der Waals surface area contributed by atoms with Crippen molar-refractivity contribution in [2.45, 2.75) is 25.0 Å². The molecule has 3 amide bonds. The number of rotatable bonds is 11. The minimum absolute atomic E-state index is 0.0932. The molecule has 4 aromatic carbocycles. The van der Waals surface area contributed by atoms with Crippen LogP contribution < -0.4 is 20.1 Å². The average molecular weight is 644 g/mol. The van der Waals surface area contributed by atoms with Crippen LogP contribution in [-0.2, 0) is 11.2 Å². The number of anilines is 2. The molecule has 1 saturated heterocycles. The zero-order valence-corrected chi connectivity index (χ0v) is 25.1. The topological polar surface area (TPSA) is 154 Å². The summed E-state index contributed by atoms with van der Waals surface area (Å²) < 4.78 is 12.0. The fourth-order valence-electron chi connectivity index (χ4n) is 5.01. The van der Waals surface area contributed by atoms with E-state index in [1.54, 1.807) is 77.7 Å². The van der Waals surface area contributed by atoms with Crippen molar-refractivity contribution in [3.63, 3.8) is 0 Å². The molecule has 1 aliphatic heterocycles. The van der Waals surface area contributed by atoms with Crippen LogP contribution in [0.25, 0.3) is 0 Å². The summed E-state index contributed by atoms with van der Waals surface area (Å²) >= 11 is 6.10. The number of aromatic carboxylic acids is 2. The van der Waals surface area contributed by atoms with Crippen molar-refractivity contribution in [3.8, 4) is 11.5 Å². The number of carbonyl (C=O) groups is 4. The van der Waals surface area contributed by atoms with Crippen LogP contribution in [0.15, 0.2) is 97.1 Å². The van der Waals surface area contributed by atoms with Crippen LogP contribution in [0.2, 0.25) is 5.02 Å². The van der Waals surface area contributed by atoms with Gasteiger partial charge in [-0.1, -0.05) is 35.9 Å². The quantitative estimate of drug-likeness (QED) is 0.154. The lowest BCUT2D eigenvalue weighted by Gasteiger charge is -2.24. The fraction of sp³-hybridized carbons (Fsp3) is 0.176. The highest BCUT2D eigenvalue weighted by atomic mass is 35.5. The van der Waals surface area contributed by atoms with Gasteiger partial charge in [0.1, 0.15) is 24.2 Å². The molecule has 1 heterocycles. The predicted octanol–water partition coefficient (Wildman–Crippen LogP) is 6.05. The van der Waals surface area contributed by atoms with Gasteiger partial charge >= 0.3 is 18.0 Å². The lowest BCUT2D eigenvalue weighted by molar-refractivity contribution is -0.132. The SMILES string of the molecule is O=C(Nc1ccc(CC(=O)N2C[C@@H](Oc3ccc(C(=O)O)cc3)C[C@H]2COc2ccc(C(=O)O)cc2)cc1)Nc1ccccc1Cl. The van der Waals surface area contributed by atoms with E-state index in [9.17, 15) is 24.3 Å². The average Bonchev–Trinajstić information content (AvgIpc) is 3.45. The fourth-order valence-corrected chi connectivity index (χ4v) is 5.19. The molecule has 0 unspecified atom stereocenters. The monoisotopic (exact) mass is 643 g/mol. The first kappa shape index (κ1) is 31.9. The van der Waals surface area contributed by atoms with Crippen LogP contribution in [0.5, 0.6) is 11.5 Å². The summed E-state index contributed by atoms with van der Waals surface area (Å²) in [7, 11) is 0. The molecule has 0 aromatic heterocycles. The van der Waals surface area contributed by atoms with Gasteiger partial charge in [0.2, 0.25) is 5.91 Å². The lowest BCUT2D eigenvalue weighted by atomic mass is 10.1. The maximum absolute atomic E-state index is 13.6. The third-order valence-electron chi connectivity index (χ3n) is 7.33. The highest BCUT2D eigenvalue weighted by Crippen LogP contribution is 2.26. The van der Waals surface area contributed by atoms with E-state index >= 15 is 0 Å². The molecule has 5 rings (SSSR count). The Kier molecular flexibility index (Phi) is 10.0. The van der Waals surface area contributed by atoms with E-state index in [2.05, 4.69) is 10.6 Å². The van der Waals surface area contributed by atoms with E-state index in [1.165, 1.54) is 24.3 Å². The van der Waals surface area contributed by atoms with Gasteiger partial charge in [-0.15, -0.1) is 0 Å². The van der Waals surface area contributed by atoms with Crippen molar-refractivity contribution in [2.24, 2.45) is 0 Å². The van der Waals surface area contributed by atoms with Gasteiger partial charge in [-0.05, 0) is 78.4 Å². The van der Waals surface area contributed by atoms with Crippen LogP contribution in [0.4, 0.5) is 16.2 Å². The van der Waals surface area contributed by atoms with Gasteiger partial charge in [0.15, 0.2) is 0 Å². The Morgan fingerprint density at radius 3 is 2.00 bits per heavy atom. The highest BCUT2D eigenvalue weighted by Gasteiger charge is 2.37. The van der Waals surface area contributed by atoms with Gasteiger partial charge in [-0.3, -0.25) is 4.79 Å². The lowest BCUT2D eigenvalue weighted by Crippen LogP contribution is -2.40. The summed E-state index contributed by atoms with van der Waals surface area (Å²) in [5.41, 5.74) is 2.02. The standard InChI is InChI=1S/C34H30ClN3O8/c35-29-3-1-2-4-30(29)37-34(44)36-24-11-5-21(6-12-24)17-31(39)38-19-28(46-27-15-9-23(10-16-27)33(42)43)18-25(38)20-45-26-13-7-22(8-14-26)32(40)41/h1-16,25,28H,17-20H2,(H,40,41)(H,42,43)(H2,36,37,44)/t25-,28-/m0/s1. The van der Waals surface area contributed by atoms with Crippen molar-refractivity contribution >= 4 is 46.9 Å². The minimum atomic E-state index is -1.04. The number of amides is 3. The van der Waals surface area contributed by atoms with Gasteiger partial charge in [0.25, 0.3) is 0 Å². The summed E-state index contributed by atoms with van der Waals surface area (Å²) in [6.07, 6.45) is 0.185. The molecule has 46 heavy (non-hydrogen) atoms. The number of carbonyl (C=O) groups excluding carboxylic acids is 2. The maximum atomic E-state index is 13.6. The van der Waals surface area contributed by atoms with Gasteiger partial charge < -0.3 is 35.2 Å². The van der Waals surface area contributed by atoms with Gasteiger partial charge in [-0.2, -0.15) is 0 Å². The largest absolute Gasteiger partial charge is 0.491 e. The van der Waals surface area contributed by atoms with E-state index < -0.39 is 18.0 Å². The number of hydrogen-bond acceptors (Lipinski definition) is 6. The van der Waals surface area contributed by atoms with Crippen molar-refractivity contribution in [2.75, 3.05) is 23.8 Å². The second kappa shape index (κ2) is 14.5. The summed E-state index contributed by atoms with van der Waals surface area (Å²) in [4.78, 5) is 50.0. The molecule has 0 saturated carbocycles. The Labute approximate surface area is 269 Å². The first-order chi connectivity index (χ1) is 22.1. The Balaban J connectivity index is 1.23. The molecule has 4 aromatic rings. The number of ether oxygens (including phenoxy) is 2. The van der Waals surface area contributed by atoms with E-state index in [0.29, 0.717) is 34.3 Å². The first-order valence-electron chi connectivity index (χ1n) is 14.3. The molecular formula is C34H30ClN3O8. The molecular weight excluding hydrogens is 614 g/mol. The van der Waals surface area contributed by atoms with Crippen LogP contribution in [0.1, 0.15) is 32.7 Å². The number of para-hydroxylation sites is 1. The number of urea groups is 1. The molecule has 0 spiro atoms. The highest BCUT2D eigenvalue weighted by molar-refractivity contribution is 6.33. The number of carboxylic acid groups (broad SMARTS) is 2. The molecule has 1 aliphatic rings. The number of halogens is 1. The Morgan fingerprint density at radius 1 is 0.783 bits per heavy atom. The second-order valence-corrected chi connectivity index (χ2v) is 11.0. The third kappa shape index (κ3) is 8.33. The summed E-state index contributed by atoms with van der Waals surface area (Å²) in [6.45, 7) is 0.437. The van der Waals surface area contributed by atoms with E-state index in [4.69, 9.17) is 26.2 Å². The predicted molar refractivity (Wildman–Crippen MR) is 171 cm³/mol. The molecule has 236 valence electrons. The molecule has 0 aliphatic carbocycles. The first-order valence-corrected chi connectivity index (χ1v) is 14.7. The number of likely N-dealkylation sites (tertiary alicyclic amines) is 1. The molecule has 12 heteroatoms. The van der Waals surface area contributed by atoms with Gasteiger partial charge in [0, 0.05) is 12.1 Å². The van der Waals surface area contributed by atoms with Crippen molar-refractivity contribution in [1.82, 2.24) is 4.90 Å². The molecule has 1 fully saturated rings. The number of benzene rings is 4. The van der Waals surface area contributed by atoms with Crippen LogP contribution in [0.3, 0.4) is 0 Å². The van der Waals surface area contributed by atoms with Gasteiger partial charge in [0.05, 0.1) is 40.8 Å². The molecule has 0 radical (unpaired) electrons.